The first kappa shape index (κ1) is 19.6. The molecule has 0 amide bonds. The van der Waals surface area contributed by atoms with Crippen LogP contribution in [0.3, 0.4) is 0 Å². The van der Waals surface area contributed by atoms with Crippen LogP contribution < -0.4 is 5.14 Å². The van der Waals surface area contributed by atoms with Crippen molar-refractivity contribution in [2.24, 2.45) is 5.14 Å². The molecule has 0 unspecified atom stereocenters. The molecule has 0 radical (unpaired) electrons. The van der Waals surface area contributed by atoms with Gasteiger partial charge < -0.3 is 9.09 Å². The summed E-state index contributed by atoms with van der Waals surface area (Å²) in [4.78, 5) is 8.87. The molecule has 29 heavy (non-hydrogen) atoms. The number of halogens is 1. The van der Waals surface area contributed by atoms with Gasteiger partial charge in [0.05, 0.1) is 21.7 Å². The average molecular weight is 433 g/mol. The second-order valence-corrected chi connectivity index (χ2v) is 8.65. The quantitative estimate of drug-likeness (QED) is 0.464. The molecule has 4 aromatic rings. The largest absolute Gasteiger partial charge is 0.338 e. The highest BCUT2D eigenvalue weighted by atomic mass is 32.2. The molecule has 0 aliphatic rings. The maximum Gasteiger partial charge on any atom is 0.238 e. The number of aromatic nitrogens is 4. The van der Waals surface area contributed by atoms with Gasteiger partial charge in [0.15, 0.2) is 5.16 Å². The van der Waals surface area contributed by atoms with Gasteiger partial charge in [0, 0.05) is 12.1 Å². The van der Waals surface area contributed by atoms with Crippen molar-refractivity contribution in [1.82, 2.24) is 19.7 Å². The second-order valence-electron chi connectivity index (χ2n) is 6.14. The van der Waals surface area contributed by atoms with Gasteiger partial charge in [-0.2, -0.15) is 4.98 Å². The Morgan fingerprint density at radius 3 is 2.62 bits per heavy atom. The molecule has 0 atom stereocenters. The van der Waals surface area contributed by atoms with Gasteiger partial charge >= 0.3 is 0 Å². The van der Waals surface area contributed by atoms with E-state index < -0.39 is 10.0 Å². The van der Waals surface area contributed by atoms with Gasteiger partial charge in [-0.3, -0.25) is 0 Å². The van der Waals surface area contributed by atoms with Crippen molar-refractivity contribution >= 4 is 32.8 Å². The molecule has 2 heterocycles. The highest BCUT2D eigenvalue weighted by Gasteiger charge is 2.16. The van der Waals surface area contributed by atoms with Crippen molar-refractivity contribution in [3.05, 3.63) is 54.2 Å². The number of thioether (sulfide) groups is 1. The van der Waals surface area contributed by atoms with Gasteiger partial charge in [-0.15, -0.1) is 0 Å². The van der Waals surface area contributed by atoms with E-state index in [0.717, 1.165) is 5.52 Å². The third kappa shape index (κ3) is 4.02. The van der Waals surface area contributed by atoms with E-state index in [2.05, 4.69) is 15.1 Å². The van der Waals surface area contributed by atoms with E-state index in [-0.39, 0.29) is 10.7 Å². The van der Waals surface area contributed by atoms with Gasteiger partial charge in [0.1, 0.15) is 5.82 Å². The van der Waals surface area contributed by atoms with Gasteiger partial charge in [-0.05, 0) is 49.4 Å². The lowest BCUT2D eigenvalue weighted by Gasteiger charge is -2.04. The van der Waals surface area contributed by atoms with Crippen molar-refractivity contribution < 1.29 is 17.3 Å². The monoisotopic (exact) mass is 433 g/mol. The van der Waals surface area contributed by atoms with Crippen LogP contribution in [0, 0.1) is 5.82 Å². The molecule has 11 heteroatoms. The number of nitrogens with zero attached hydrogens (tertiary/aromatic N) is 4. The fourth-order valence-corrected chi connectivity index (χ4v) is 4.29. The predicted octanol–water partition coefficient (Wildman–Crippen LogP) is 3.19. The minimum atomic E-state index is -3.80. The van der Waals surface area contributed by atoms with Crippen LogP contribution in [0.25, 0.3) is 22.4 Å². The minimum absolute atomic E-state index is 0.0168. The Kier molecular flexibility index (Phi) is 5.11. The summed E-state index contributed by atoms with van der Waals surface area (Å²) in [7, 11) is -3.80. The molecule has 2 aromatic carbocycles. The van der Waals surface area contributed by atoms with Gasteiger partial charge in [0.2, 0.25) is 21.7 Å². The Hall–Kier alpha value is -2.76. The van der Waals surface area contributed by atoms with Crippen LogP contribution >= 0.6 is 11.8 Å². The first-order chi connectivity index (χ1) is 13.8. The predicted molar refractivity (Wildman–Crippen MR) is 106 cm³/mol. The maximum atomic E-state index is 13.0. The van der Waals surface area contributed by atoms with Gasteiger partial charge in [0.25, 0.3) is 0 Å². The fraction of sp³-hybridized carbons (Fsp3) is 0.167. The smallest absolute Gasteiger partial charge is 0.238 e. The average Bonchev–Trinajstić information content (AvgIpc) is 3.29. The van der Waals surface area contributed by atoms with Crippen LogP contribution in [0.5, 0.6) is 0 Å². The molecule has 150 valence electrons. The summed E-state index contributed by atoms with van der Waals surface area (Å²) in [6, 6.07) is 10.4. The van der Waals surface area contributed by atoms with E-state index >= 15 is 0 Å². The van der Waals surface area contributed by atoms with Crippen LogP contribution in [0.1, 0.15) is 12.8 Å². The van der Waals surface area contributed by atoms with Gasteiger partial charge in [-0.25, -0.2) is 22.9 Å². The lowest BCUT2D eigenvalue weighted by Crippen LogP contribution is -2.11. The number of sulfonamides is 1. The molecule has 0 bridgehead atoms. The van der Waals surface area contributed by atoms with E-state index in [1.165, 1.54) is 36.0 Å². The Morgan fingerprint density at radius 1 is 1.17 bits per heavy atom. The van der Waals surface area contributed by atoms with Crippen LogP contribution in [0.15, 0.2) is 57.0 Å². The summed E-state index contributed by atoms with van der Waals surface area (Å²) >= 11 is 1.39. The number of fused-ring (bicyclic) bond motifs is 1. The Bertz CT molecular complexity index is 1280. The zero-order chi connectivity index (χ0) is 20.6. The van der Waals surface area contributed by atoms with E-state index in [4.69, 9.17) is 9.66 Å². The molecular formula is C18H16FN5O3S2. The van der Waals surface area contributed by atoms with Crippen LogP contribution in [-0.4, -0.2) is 28.1 Å². The molecule has 0 saturated heterocycles. The number of aryl methyl sites for hydroxylation is 1. The minimum Gasteiger partial charge on any atom is -0.338 e. The Balaban J connectivity index is 1.57. The molecule has 0 fully saturated rings. The lowest BCUT2D eigenvalue weighted by molar-refractivity contribution is 0.391. The highest BCUT2D eigenvalue weighted by Crippen LogP contribution is 2.28. The summed E-state index contributed by atoms with van der Waals surface area (Å²) in [5, 5.41) is 9.82. The summed E-state index contributed by atoms with van der Waals surface area (Å²) in [6.45, 7) is 2.62. The molecule has 0 aliphatic heterocycles. The molecule has 2 aromatic heterocycles. The maximum absolute atomic E-state index is 13.0. The zero-order valence-corrected chi connectivity index (χ0v) is 16.9. The number of nitrogens with two attached hydrogens (primary N) is 1. The van der Waals surface area contributed by atoms with Crippen LogP contribution in [-0.2, 0) is 22.3 Å². The number of benzene rings is 2. The summed E-state index contributed by atoms with van der Waals surface area (Å²) in [6.07, 6.45) is 0. The van der Waals surface area contributed by atoms with Crippen molar-refractivity contribution in [3.63, 3.8) is 0 Å². The topological polar surface area (TPSA) is 117 Å². The summed E-state index contributed by atoms with van der Waals surface area (Å²) < 4.78 is 43.4. The SMILES string of the molecule is CCn1c(SCc2nc(-c3ccc(F)cc3)no2)nc2cc(S(N)(=O)=O)ccc21. The standard InChI is InChI=1S/C18H16FN5O3S2/c1-2-24-15-8-7-13(29(20,25)26)9-14(15)21-18(24)28-10-16-22-17(23-27-16)11-3-5-12(19)6-4-11/h3-9H,2,10H2,1H3,(H2,20,25,26). The number of primary sulfonamides is 1. The summed E-state index contributed by atoms with van der Waals surface area (Å²) in [5.41, 5.74) is 2.00. The lowest BCUT2D eigenvalue weighted by atomic mass is 10.2. The molecule has 0 saturated carbocycles. The number of hydrogen-bond acceptors (Lipinski definition) is 7. The van der Waals surface area contributed by atoms with Crippen molar-refractivity contribution in [2.75, 3.05) is 0 Å². The first-order valence-corrected chi connectivity index (χ1v) is 11.1. The van der Waals surface area contributed by atoms with Gasteiger partial charge in [-0.1, -0.05) is 16.9 Å². The van der Waals surface area contributed by atoms with E-state index in [1.807, 2.05) is 11.5 Å². The number of imidazole rings is 1. The fourth-order valence-electron chi connectivity index (χ4n) is 2.84. The van der Waals surface area contributed by atoms with Crippen molar-refractivity contribution in [3.8, 4) is 11.4 Å². The highest BCUT2D eigenvalue weighted by molar-refractivity contribution is 7.98. The molecule has 4 rings (SSSR count). The molecule has 0 spiro atoms. The van der Waals surface area contributed by atoms with Crippen LogP contribution in [0.4, 0.5) is 4.39 Å². The van der Waals surface area contributed by atoms with Crippen LogP contribution in [0.2, 0.25) is 0 Å². The van der Waals surface area contributed by atoms with Crippen molar-refractivity contribution in [2.45, 2.75) is 29.3 Å². The first-order valence-electron chi connectivity index (χ1n) is 8.59. The molecular weight excluding hydrogens is 417 g/mol. The molecule has 2 N–H and O–H groups in total. The Labute approximate surface area is 170 Å². The van der Waals surface area contributed by atoms with E-state index in [1.54, 1.807) is 18.2 Å². The van der Waals surface area contributed by atoms with E-state index in [0.29, 0.717) is 40.2 Å². The number of hydrogen-bond donors (Lipinski definition) is 1. The second kappa shape index (κ2) is 7.58. The molecule has 8 nitrogen and oxygen atoms in total. The third-order valence-electron chi connectivity index (χ3n) is 4.22. The van der Waals surface area contributed by atoms with Crippen molar-refractivity contribution in [1.29, 1.82) is 0 Å². The Morgan fingerprint density at radius 2 is 1.93 bits per heavy atom. The summed E-state index contributed by atoms with van der Waals surface area (Å²) in [5.74, 6) is 0.813. The van der Waals surface area contributed by atoms with E-state index in [9.17, 15) is 12.8 Å². The molecule has 0 aliphatic carbocycles. The number of rotatable bonds is 6. The normalized spacial score (nSPS) is 12.0. The zero-order valence-electron chi connectivity index (χ0n) is 15.2. The third-order valence-corrected chi connectivity index (χ3v) is 6.10.